The third-order valence-electron chi connectivity index (χ3n) is 7.01. The van der Waals surface area contributed by atoms with Crippen molar-refractivity contribution >= 4 is 11.8 Å². The number of benzene rings is 1. The minimum absolute atomic E-state index is 0.0819. The molecule has 1 aromatic carbocycles. The molecular weight excluding hydrogens is 366 g/mol. The second kappa shape index (κ2) is 6.58. The van der Waals surface area contributed by atoms with E-state index in [0.29, 0.717) is 24.3 Å². The fourth-order valence-electron chi connectivity index (χ4n) is 5.47. The van der Waals surface area contributed by atoms with Crippen LogP contribution in [0.3, 0.4) is 0 Å². The third-order valence-corrected chi connectivity index (χ3v) is 7.01. The zero-order chi connectivity index (χ0) is 20.1. The van der Waals surface area contributed by atoms with Crippen LogP contribution >= 0.6 is 0 Å². The average Bonchev–Trinajstić information content (AvgIpc) is 2.72. The predicted molar refractivity (Wildman–Crippen MR) is 107 cm³/mol. The number of ether oxygens (including phenoxy) is 1. The van der Waals surface area contributed by atoms with Crippen LogP contribution in [0.4, 0.5) is 0 Å². The van der Waals surface area contributed by atoms with Gasteiger partial charge in [-0.05, 0) is 48.4 Å². The van der Waals surface area contributed by atoms with E-state index < -0.39 is 5.72 Å². The van der Waals surface area contributed by atoms with Crippen molar-refractivity contribution in [1.82, 2.24) is 15.6 Å². The molecule has 4 atom stereocenters. The normalized spacial score (nSPS) is 32.2. The van der Waals surface area contributed by atoms with Crippen LogP contribution in [0.15, 0.2) is 48.8 Å². The molecule has 2 heterocycles. The fraction of sp³-hybridized carbons (Fsp3) is 0.435. The monoisotopic (exact) mass is 391 g/mol. The van der Waals surface area contributed by atoms with Gasteiger partial charge in [0.15, 0.2) is 5.72 Å². The summed E-state index contributed by atoms with van der Waals surface area (Å²) in [5.74, 6) is 0.681. The quantitative estimate of drug-likeness (QED) is 0.843. The Balaban J connectivity index is 1.35. The van der Waals surface area contributed by atoms with Crippen LogP contribution < -0.4 is 15.4 Å². The number of pyridine rings is 1. The number of nitrogens with one attached hydrogen (secondary N) is 2. The van der Waals surface area contributed by atoms with E-state index in [4.69, 9.17) is 4.74 Å². The highest BCUT2D eigenvalue weighted by molar-refractivity contribution is 5.98. The van der Waals surface area contributed by atoms with Crippen molar-refractivity contribution in [3.63, 3.8) is 0 Å². The molecule has 3 aliphatic carbocycles. The van der Waals surface area contributed by atoms with Gasteiger partial charge in [0.25, 0.3) is 5.91 Å². The van der Waals surface area contributed by atoms with E-state index in [2.05, 4.69) is 22.5 Å². The van der Waals surface area contributed by atoms with Crippen molar-refractivity contribution in [2.75, 3.05) is 0 Å². The van der Waals surface area contributed by atoms with Gasteiger partial charge in [0.05, 0.1) is 5.56 Å². The van der Waals surface area contributed by atoms with Crippen LogP contribution in [0.5, 0.6) is 5.75 Å². The Hall–Kier alpha value is -2.89. The number of hydrogen-bond donors (Lipinski definition) is 2. The Kier molecular flexibility index (Phi) is 4.12. The Morgan fingerprint density at radius 3 is 2.97 bits per heavy atom. The summed E-state index contributed by atoms with van der Waals surface area (Å²) in [5.41, 5.74) is 0.643. The Morgan fingerprint density at radius 2 is 2.17 bits per heavy atom. The van der Waals surface area contributed by atoms with Crippen LogP contribution in [0.1, 0.15) is 48.5 Å². The van der Waals surface area contributed by atoms with E-state index in [-0.39, 0.29) is 29.1 Å². The zero-order valence-electron chi connectivity index (χ0n) is 16.5. The van der Waals surface area contributed by atoms with Gasteiger partial charge in [-0.15, -0.1) is 0 Å². The van der Waals surface area contributed by atoms with Gasteiger partial charge in [-0.1, -0.05) is 25.1 Å². The van der Waals surface area contributed by atoms with Crippen molar-refractivity contribution in [2.45, 2.75) is 44.9 Å². The number of para-hydroxylation sites is 1. The first-order valence-electron chi connectivity index (χ1n) is 10.3. The maximum atomic E-state index is 13.0. The van der Waals surface area contributed by atoms with Crippen LogP contribution in [0, 0.1) is 17.3 Å². The summed E-state index contributed by atoms with van der Waals surface area (Å²) < 4.78 is 6.42. The van der Waals surface area contributed by atoms with Gasteiger partial charge in [-0.3, -0.25) is 14.6 Å². The van der Waals surface area contributed by atoms with Crippen molar-refractivity contribution in [2.24, 2.45) is 17.3 Å². The Bertz CT molecular complexity index is 963. The molecule has 3 saturated carbocycles. The summed E-state index contributed by atoms with van der Waals surface area (Å²) in [6, 6.07) is 11.2. The van der Waals surface area contributed by atoms with E-state index in [0.717, 1.165) is 24.8 Å². The van der Waals surface area contributed by atoms with Crippen molar-refractivity contribution in [3.8, 4) is 5.75 Å². The molecular formula is C23H25N3O3. The van der Waals surface area contributed by atoms with Gasteiger partial charge in [-0.25, -0.2) is 0 Å². The zero-order valence-corrected chi connectivity index (χ0v) is 16.5. The molecule has 150 valence electrons. The first-order chi connectivity index (χ1) is 14.0. The maximum Gasteiger partial charge on any atom is 0.258 e. The van der Waals surface area contributed by atoms with Crippen LogP contribution in [0.2, 0.25) is 0 Å². The van der Waals surface area contributed by atoms with Crippen molar-refractivity contribution in [1.29, 1.82) is 0 Å². The first-order valence-corrected chi connectivity index (χ1v) is 10.3. The van der Waals surface area contributed by atoms with Crippen molar-refractivity contribution < 1.29 is 14.3 Å². The minimum Gasteiger partial charge on any atom is -0.467 e. The average molecular weight is 391 g/mol. The number of carbonyl (C=O) groups is 2. The molecule has 1 aliphatic heterocycles. The summed E-state index contributed by atoms with van der Waals surface area (Å²) in [7, 11) is 0. The number of amides is 2. The molecule has 2 aromatic rings. The second-order valence-electron chi connectivity index (χ2n) is 8.88. The largest absolute Gasteiger partial charge is 0.467 e. The molecule has 0 radical (unpaired) electrons. The molecule has 2 N–H and O–H groups in total. The van der Waals surface area contributed by atoms with E-state index >= 15 is 0 Å². The van der Waals surface area contributed by atoms with E-state index in [1.165, 1.54) is 0 Å². The highest BCUT2D eigenvalue weighted by Gasteiger charge is 2.61. The summed E-state index contributed by atoms with van der Waals surface area (Å²) in [5, 5.41) is 6.25. The number of fused-ring (bicyclic) bond motifs is 3. The molecule has 0 saturated heterocycles. The molecule has 0 unspecified atom stereocenters. The number of carbonyl (C=O) groups excluding carboxylic acids is 2. The van der Waals surface area contributed by atoms with E-state index in [9.17, 15) is 9.59 Å². The van der Waals surface area contributed by atoms with Crippen LogP contribution in [-0.2, 0) is 11.3 Å². The molecule has 6 rings (SSSR count). The number of nitrogens with zero attached hydrogens (tertiary/aromatic N) is 1. The van der Waals surface area contributed by atoms with E-state index in [1.54, 1.807) is 18.5 Å². The molecule has 6 heteroatoms. The van der Waals surface area contributed by atoms with Gasteiger partial charge in [-0.2, -0.15) is 0 Å². The summed E-state index contributed by atoms with van der Waals surface area (Å²) in [4.78, 5) is 29.9. The van der Waals surface area contributed by atoms with E-state index in [1.807, 2.05) is 30.3 Å². The fourth-order valence-corrected chi connectivity index (χ4v) is 5.47. The van der Waals surface area contributed by atoms with Gasteiger partial charge in [0, 0.05) is 37.2 Å². The highest BCUT2D eigenvalue weighted by atomic mass is 16.5. The molecule has 2 amide bonds. The summed E-state index contributed by atoms with van der Waals surface area (Å²) in [6.07, 6.45) is 6.78. The molecule has 4 aliphatic rings. The molecule has 6 nitrogen and oxygen atoms in total. The molecule has 1 spiro atoms. The molecule has 1 aromatic heterocycles. The maximum absolute atomic E-state index is 13.0. The lowest BCUT2D eigenvalue weighted by atomic mass is 9.52. The first kappa shape index (κ1) is 18.2. The SMILES string of the molecule is C[C@]12CC[C@H](C[C@@H]1C(=O)NCc1cccnc1)[C@@]1(C2)NC(=O)c2ccccc2O1. The lowest BCUT2D eigenvalue weighted by Crippen LogP contribution is -2.69. The molecule has 2 bridgehead atoms. The number of aromatic nitrogens is 1. The second-order valence-corrected chi connectivity index (χ2v) is 8.88. The lowest BCUT2D eigenvalue weighted by Gasteiger charge is -2.59. The number of rotatable bonds is 3. The smallest absolute Gasteiger partial charge is 0.258 e. The molecule has 3 fully saturated rings. The summed E-state index contributed by atoms with van der Waals surface area (Å²) >= 11 is 0. The Morgan fingerprint density at radius 1 is 1.31 bits per heavy atom. The third kappa shape index (κ3) is 2.98. The van der Waals surface area contributed by atoms with Gasteiger partial charge < -0.3 is 15.4 Å². The standard InChI is InChI=1S/C23H25N3O3/c1-22-9-8-16(11-18(22)21(28)25-13-15-5-4-10-24-12-15)23(14-22)26-20(27)17-6-2-3-7-19(17)29-23/h2-7,10,12,16,18H,8-9,11,13-14H2,1H3,(H,25,28)(H,26,27)/t16-,18-,22-,23+/m1/s1. The lowest BCUT2D eigenvalue weighted by molar-refractivity contribution is -0.167. The number of hydrogen-bond acceptors (Lipinski definition) is 4. The minimum atomic E-state index is -0.710. The highest BCUT2D eigenvalue weighted by Crippen LogP contribution is 2.58. The van der Waals surface area contributed by atoms with Crippen molar-refractivity contribution in [3.05, 3.63) is 59.9 Å². The summed E-state index contributed by atoms with van der Waals surface area (Å²) in [6.45, 7) is 2.64. The van der Waals surface area contributed by atoms with Gasteiger partial charge >= 0.3 is 0 Å². The topological polar surface area (TPSA) is 80.3 Å². The Labute approximate surface area is 170 Å². The molecule has 29 heavy (non-hydrogen) atoms. The predicted octanol–water partition coefficient (Wildman–Crippen LogP) is 3.04. The van der Waals surface area contributed by atoms with Gasteiger partial charge in [0.2, 0.25) is 5.91 Å². The van der Waals surface area contributed by atoms with Gasteiger partial charge in [0.1, 0.15) is 5.75 Å². The van der Waals surface area contributed by atoms with Crippen LogP contribution in [0.25, 0.3) is 0 Å². The van der Waals surface area contributed by atoms with Crippen LogP contribution in [-0.4, -0.2) is 22.5 Å².